The SMILES string of the molecule is C.C#CC(=C)C.C=C/C(C#Cc1cnc(N)nc1)=C\C(=C)C(=O)NC(/C=C\C)=C/C.CC.CC.CC. The highest BCUT2D eigenvalue weighted by Gasteiger charge is 2.05. The summed E-state index contributed by atoms with van der Waals surface area (Å²) in [6, 6.07) is 0. The van der Waals surface area contributed by atoms with Crippen LogP contribution in [0.15, 0.2) is 84.9 Å². The lowest BCUT2D eigenvalue weighted by Gasteiger charge is -2.05. The van der Waals surface area contributed by atoms with Gasteiger partial charge in [0.15, 0.2) is 0 Å². The van der Waals surface area contributed by atoms with Crippen molar-refractivity contribution in [3.8, 4) is 24.2 Å². The number of nitrogens with zero attached hydrogens (tertiary/aromatic N) is 2. The molecule has 0 saturated heterocycles. The van der Waals surface area contributed by atoms with Crippen molar-refractivity contribution in [2.24, 2.45) is 0 Å². The Hall–Kier alpha value is -4.09. The summed E-state index contributed by atoms with van der Waals surface area (Å²) < 4.78 is 0. The van der Waals surface area contributed by atoms with Crippen LogP contribution in [-0.2, 0) is 4.79 Å². The molecule has 1 aromatic heterocycles. The predicted molar refractivity (Wildman–Crippen MR) is 162 cm³/mol. The van der Waals surface area contributed by atoms with Gasteiger partial charge < -0.3 is 11.1 Å². The van der Waals surface area contributed by atoms with Gasteiger partial charge in [0.2, 0.25) is 5.95 Å². The van der Waals surface area contributed by atoms with Crippen LogP contribution >= 0.6 is 0 Å². The first-order valence-electron chi connectivity index (χ1n) is 11.6. The van der Waals surface area contributed by atoms with Gasteiger partial charge in [-0.25, -0.2) is 9.97 Å². The van der Waals surface area contributed by atoms with Crippen LogP contribution in [0.3, 0.4) is 0 Å². The van der Waals surface area contributed by atoms with Crippen molar-refractivity contribution in [1.29, 1.82) is 0 Å². The first-order chi connectivity index (χ1) is 16.8. The normalized spacial score (nSPS) is 9.00. The zero-order valence-electron chi connectivity index (χ0n) is 23.1. The molecule has 0 bridgehead atoms. The molecule has 5 nitrogen and oxygen atoms in total. The minimum Gasteiger partial charge on any atom is -0.368 e. The molecular formula is C31H48N4O. The van der Waals surface area contributed by atoms with E-state index in [2.05, 4.69) is 52.8 Å². The quantitative estimate of drug-likeness (QED) is 0.252. The maximum absolute atomic E-state index is 12.1. The second kappa shape index (κ2) is 30.9. The van der Waals surface area contributed by atoms with E-state index in [1.807, 2.05) is 61.5 Å². The number of hydrogen-bond acceptors (Lipinski definition) is 4. The van der Waals surface area contributed by atoms with Gasteiger partial charge in [-0.2, -0.15) is 0 Å². The van der Waals surface area contributed by atoms with Crippen molar-refractivity contribution in [3.05, 3.63) is 90.5 Å². The van der Waals surface area contributed by atoms with Crippen molar-refractivity contribution in [3.63, 3.8) is 0 Å². The smallest absolute Gasteiger partial charge is 0.255 e. The van der Waals surface area contributed by atoms with Gasteiger partial charge >= 0.3 is 0 Å². The van der Waals surface area contributed by atoms with Gasteiger partial charge in [-0.3, -0.25) is 4.79 Å². The summed E-state index contributed by atoms with van der Waals surface area (Å²) in [6.07, 6.45) is 16.4. The fourth-order valence-electron chi connectivity index (χ4n) is 1.55. The molecule has 0 atom stereocenters. The monoisotopic (exact) mass is 492 g/mol. The van der Waals surface area contributed by atoms with E-state index in [0.717, 1.165) is 5.57 Å². The Labute approximate surface area is 222 Å². The third kappa shape index (κ3) is 24.6. The maximum atomic E-state index is 12.1. The highest BCUT2D eigenvalue weighted by atomic mass is 16.1. The number of nitrogens with two attached hydrogens (primary N) is 1. The minimum atomic E-state index is -0.307. The second-order valence-electron chi connectivity index (χ2n) is 5.53. The molecule has 0 aliphatic rings. The lowest BCUT2D eigenvalue weighted by molar-refractivity contribution is -0.116. The Kier molecular flexibility index (Phi) is 36.1. The van der Waals surface area contributed by atoms with Crippen LogP contribution in [0.5, 0.6) is 0 Å². The Bertz CT molecular complexity index is 945. The third-order valence-corrected chi connectivity index (χ3v) is 3.03. The first-order valence-corrected chi connectivity index (χ1v) is 11.6. The average molecular weight is 493 g/mol. The molecule has 1 rings (SSSR count). The standard InChI is InChI=1S/C19H20N4O.C5H6.3C2H6.CH4/c1-5-8-17(7-3)23-18(24)14(4)11-15(6-2)9-10-16-12-21-19(20)22-13-16;1-4-5(2)3;3*1-2;/h5-8,11-13H,2,4H2,1,3H3,(H,23,24)(H2,20,21,22);1H,2H2,3H3;3*1-2H3;1H4/b8-5-,15-11+,17-7+;;;;;. The van der Waals surface area contributed by atoms with Crippen LogP contribution in [0.1, 0.15) is 75.3 Å². The van der Waals surface area contributed by atoms with E-state index < -0.39 is 0 Å². The molecule has 0 aliphatic heterocycles. The average Bonchev–Trinajstić information content (AvgIpc) is 2.90. The van der Waals surface area contributed by atoms with E-state index in [0.29, 0.717) is 16.8 Å². The molecular weight excluding hydrogens is 444 g/mol. The second-order valence-corrected chi connectivity index (χ2v) is 5.53. The van der Waals surface area contributed by atoms with Crippen LogP contribution in [-0.4, -0.2) is 15.9 Å². The number of terminal acetylenes is 1. The summed E-state index contributed by atoms with van der Waals surface area (Å²) in [6.45, 7) is 28.4. The number of anilines is 1. The molecule has 1 amide bonds. The van der Waals surface area contributed by atoms with Gasteiger partial charge in [-0.1, -0.05) is 105 Å². The van der Waals surface area contributed by atoms with Crippen molar-refractivity contribution in [2.75, 3.05) is 5.73 Å². The van der Waals surface area contributed by atoms with Gasteiger partial charge in [0.05, 0.1) is 5.56 Å². The molecule has 0 aromatic carbocycles. The molecule has 0 saturated carbocycles. The van der Waals surface area contributed by atoms with Crippen molar-refractivity contribution >= 4 is 11.9 Å². The zero-order valence-corrected chi connectivity index (χ0v) is 23.1. The summed E-state index contributed by atoms with van der Waals surface area (Å²) in [4.78, 5) is 19.8. The number of carbonyl (C=O) groups excluding carboxylic acids is 1. The van der Waals surface area contributed by atoms with E-state index in [-0.39, 0.29) is 24.9 Å². The van der Waals surface area contributed by atoms with Gasteiger partial charge in [-0.15, -0.1) is 6.42 Å². The van der Waals surface area contributed by atoms with E-state index in [1.54, 1.807) is 31.2 Å². The van der Waals surface area contributed by atoms with Crippen LogP contribution in [0.2, 0.25) is 0 Å². The van der Waals surface area contributed by atoms with E-state index in [4.69, 9.17) is 12.2 Å². The van der Waals surface area contributed by atoms with E-state index >= 15 is 0 Å². The molecule has 1 aromatic rings. The lowest BCUT2D eigenvalue weighted by Crippen LogP contribution is -2.22. The Morgan fingerprint density at radius 3 is 1.92 bits per heavy atom. The Morgan fingerprint density at radius 1 is 1.08 bits per heavy atom. The number of nitrogen functional groups attached to an aromatic ring is 1. The van der Waals surface area contributed by atoms with Crippen LogP contribution in [0, 0.1) is 24.2 Å². The van der Waals surface area contributed by atoms with Gasteiger partial charge in [0.25, 0.3) is 5.91 Å². The summed E-state index contributed by atoms with van der Waals surface area (Å²) in [5, 5.41) is 2.75. The predicted octanol–water partition coefficient (Wildman–Crippen LogP) is 7.59. The van der Waals surface area contributed by atoms with Gasteiger partial charge in [0, 0.05) is 29.2 Å². The Balaban J connectivity index is -0.000000229. The van der Waals surface area contributed by atoms with Crippen molar-refractivity contribution in [1.82, 2.24) is 15.3 Å². The summed E-state index contributed by atoms with van der Waals surface area (Å²) in [7, 11) is 0. The number of aromatic nitrogens is 2. The Morgan fingerprint density at radius 2 is 1.56 bits per heavy atom. The number of rotatable bonds is 5. The van der Waals surface area contributed by atoms with Crippen molar-refractivity contribution in [2.45, 2.75) is 69.7 Å². The third-order valence-electron chi connectivity index (χ3n) is 3.03. The van der Waals surface area contributed by atoms with Crippen LogP contribution in [0.4, 0.5) is 5.95 Å². The first kappa shape index (κ1) is 42.1. The number of amides is 1. The molecule has 5 heteroatoms. The topological polar surface area (TPSA) is 80.9 Å². The summed E-state index contributed by atoms with van der Waals surface area (Å²) in [5.41, 5.74) is 8.33. The molecule has 0 radical (unpaired) electrons. The lowest BCUT2D eigenvalue weighted by atomic mass is 10.1. The maximum Gasteiger partial charge on any atom is 0.255 e. The van der Waals surface area contributed by atoms with Gasteiger partial charge in [0.1, 0.15) is 0 Å². The molecule has 1 heterocycles. The van der Waals surface area contributed by atoms with E-state index in [9.17, 15) is 4.79 Å². The van der Waals surface area contributed by atoms with Crippen LogP contribution in [0.25, 0.3) is 0 Å². The molecule has 0 fully saturated rings. The van der Waals surface area contributed by atoms with Crippen LogP contribution < -0.4 is 11.1 Å². The summed E-state index contributed by atoms with van der Waals surface area (Å²) in [5.74, 6) is 7.97. The molecule has 0 spiro atoms. The zero-order chi connectivity index (χ0) is 28.2. The molecule has 0 aliphatic carbocycles. The molecule has 3 N–H and O–H groups in total. The number of allylic oxidation sites excluding steroid dienone is 6. The number of nitrogens with one attached hydrogen (secondary N) is 1. The number of carbonyl (C=O) groups is 1. The fourth-order valence-corrected chi connectivity index (χ4v) is 1.55. The van der Waals surface area contributed by atoms with Gasteiger partial charge in [-0.05, 0) is 38.5 Å². The summed E-state index contributed by atoms with van der Waals surface area (Å²) >= 11 is 0. The fraction of sp³-hybridized carbons (Fsp3) is 0.323. The molecule has 198 valence electrons. The highest BCUT2D eigenvalue weighted by molar-refractivity contribution is 5.97. The van der Waals surface area contributed by atoms with Crippen molar-refractivity contribution < 1.29 is 4.79 Å². The largest absolute Gasteiger partial charge is 0.368 e. The number of hydrogen-bond donors (Lipinski definition) is 2. The molecule has 36 heavy (non-hydrogen) atoms. The highest BCUT2D eigenvalue weighted by Crippen LogP contribution is 2.04. The minimum absolute atomic E-state index is 0. The molecule has 0 unspecified atom stereocenters. The van der Waals surface area contributed by atoms with E-state index in [1.165, 1.54) is 12.4 Å².